The van der Waals surface area contributed by atoms with E-state index in [4.69, 9.17) is 4.74 Å². The van der Waals surface area contributed by atoms with Gasteiger partial charge in [0.05, 0.1) is 13.2 Å². The number of ether oxygens (including phenoxy) is 1. The number of anilines is 1. The van der Waals surface area contributed by atoms with Crippen LogP contribution in [0.15, 0.2) is 18.3 Å². The Morgan fingerprint density at radius 1 is 1.53 bits per heavy atom. The largest absolute Gasteiger partial charge is 0.378 e. The molecule has 1 N–H and O–H groups in total. The van der Waals surface area contributed by atoms with Crippen LogP contribution in [0.2, 0.25) is 0 Å². The van der Waals surface area contributed by atoms with Gasteiger partial charge in [0, 0.05) is 31.9 Å². The van der Waals surface area contributed by atoms with Gasteiger partial charge in [-0.2, -0.15) is 0 Å². The van der Waals surface area contributed by atoms with Crippen molar-refractivity contribution >= 4 is 5.82 Å². The van der Waals surface area contributed by atoms with E-state index in [1.807, 2.05) is 13.2 Å². The zero-order valence-corrected chi connectivity index (χ0v) is 10.9. The maximum Gasteiger partial charge on any atom is 0.125 e. The third-order valence-electron chi connectivity index (χ3n) is 3.27. The smallest absolute Gasteiger partial charge is 0.125 e. The van der Waals surface area contributed by atoms with Crippen molar-refractivity contribution in [3.05, 3.63) is 23.9 Å². The summed E-state index contributed by atoms with van der Waals surface area (Å²) in [4.78, 5) is 6.70. The number of rotatable bonds is 3. The Kier molecular flexibility index (Phi) is 3.64. The van der Waals surface area contributed by atoms with E-state index in [1.54, 1.807) is 0 Å². The molecule has 0 atom stereocenters. The van der Waals surface area contributed by atoms with Gasteiger partial charge in [-0.05, 0) is 31.5 Å². The van der Waals surface area contributed by atoms with Crippen LogP contribution >= 0.6 is 0 Å². The zero-order chi connectivity index (χ0) is 12.3. The number of hydrogen-bond acceptors (Lipinski definition) is 4. The summed E-state index contributed by atoms with van der Waals surface area (Å²) in [6.45, 7) is 8.03. The van der Waals surface area contributed by atoms with Crippen LogP contribution in [-0.2, 0) is 11.3 Å². The molecule has 1 aliphatic rings. The van der Waals surface area contributed by atoms with Crippen LogP contribution in [0.1, 0.15) is 19.4 Å². The van der Waals surface area contributed by atoms with E-state index in [0.29, 0.717) is 0 Å². The number of nitrogens with zero attached hydrogens (tertiary/aromatic N) is 2. The molecular formula is C13H21N3O. The molecule has 1 aromatic heterocycles. The molecule has 1 fully saturated rings. The molecule has 0 amide bonds. The molecule has 4 heteroatoms. The number of hydrogen-bond donors (Lipinski definition) is 1. The van der Waals surface area contributed by atoms with Crippen molar-refractivity contribution in [2.75, 3.05) is 32.1 Å². The minimum absolute atomic E-state index is 0.112. The Balaban J connectivity index is 2.08. The summed E-state index contributed by atoms with van der Waals surface area (Å²) in [6, 6.07) is 4.18. The highest BCUT2D eigenvalue weighted by molar-refractivity contribution is 5.36. The molecule has 0 radical (unpaired) electrons. The van der Waals surface area contributed by atoms with Gasteiger partial charge in [0.15, 0.2) is 0 Å². The highest BCUT2D eigenvalue weighted by Gasteiger charge is 2.30. The van der Waals surface area contributed by atoms with Crippen LogP contribution in [0.25, 0.3) is 0 Å². The van der Waals surface area contributed by atoms with Crippen molar-refractivity contribution < 1.29 is 4.74 Å². The molecule has 2 heterocycles. The summed E-state index contributed by atoms with van der Waals surface area (Å²) in [7, 11) is 1.89. The van der Waals surface area contributed by atoms with Gasteiger partial charge in [0.25, 0.3) is 0 Å². The Morgan fingerprint density at radius 3 is 3.06 bits per heavy atom. The molecule has 1 saturated heterocycles. The van der Waals surface area contributed by atoms with Crippen molar-refractivity contribution in [3.8, 4) is 0 Å². The summed E-state index contributed by atoms with van der Waals surface area (Å²) >= 11 is 0. The van der Waals surface area contributed by atoms with Crippen LogP contribution in [0.4, 0.5) is 5.82 Å². The fraction of sp³-hybridized carbons (Fsp3) is 0.615. The lowest BCUT2D eigenvalue weighted by Crippen LogP contribution is -2.52. The zero-order valence-electron chi connectivity index (χ0n) is 10.9. The number of nitrogens with one attached hydrogen (secondary N) is 1. The molecular weight excluding hydrogens is 214 g/mol. The van der Waals surface area contributed by atoms with Gasteiger partial charge >= 0.3 is 0 Å². The van der Waals surface area contributed by atoms with Gasteiger partial charge in [0.2, 0.25) is 0 Å². The molecule has 2 rings (SSSR count). The van der Waals surface area contributed by atoms with Gasteiger partial charge < -0.3 is 10.1 Å². The summed E-state index contributed by atoms with van der Waals surface area (Å²) in [5.41, 5.74) is 1.40. The normalized spacial score (nSPS) is 20.2. The van der Waals surface area contributed by atoms with Crippen LogP contribution in [0.3, 0.4) is 0 Å². The van der Waals surface area contributed by atoms with Crippen molar-refractivity contribution in [1.82, 2.24) is 9.88 Å². The molecule has 94 valence electrons. The average molecular weight is 235 g/mol. The lowest BCUT2D eigenvalue weighted by molar-refractivity contribution is -0.0552. The predicted octanol–water partition coefficient (Wildman–Crippen LogP) is 1.73. The third-order valence-corrected chi connectivity index (χ3v) is 3.27. The van der Waals surface area contributed by atoms with E-state index in [1.165, 1.54) is 5.56 Å². The highest BCUT2D eigenvalue weighted by atomic mass is 16.5. The average Bonchev–Trinajstić information content (AvgIpc) is 2.32. The summed E-state index contributed by atoms with van der Waals surface area (Å²) in [5, 5.41) is 3.07. The monoisotopic (exact) mass is 235 g/mol. The number of aromatic nitrogens is 1. The Labute approximate surface area is 103 Å². The van der Waals surface area contributed by atoms with Gasteiger partial charge in [-0.25, -0.2) is 4.98 Å². The van der Waals surface area contributed by atoms with E-state index in [2.05, 4.69) is 41.2 Å². The van der Waals surface area contributed by atoms with Crippen LogP contribution in [0.5, 0.6) is 0 Å². The van der Waals surface area contributed by atoms with E-state index in [-0.39, 0.29) is 5.54 Å². The molecule has 0 saturated carbocycles. The van der Waals surface area contributed by atoms with Crippen LogP contribution in [0, 0.1) is 0 Å². The fourth-order valence-corrected chi connectivity index (χ4v) is 2.11. The van der Waals surface area contributed by atoms with Crippen molar-refractivity contribution in [2.24, 2.45) is 0 Å². The van der Waals surface area contributed by atoms with Crippen LogP contribution < -0.4 is 5.32 Å². The van der Waals surface area contributed by atoms with Gasteiger partial charge in [-0.15, -0.1) is 0 Å². The van der Waals surface area contributed by atoms with Gasteiger partial charge in [-0.1, -0.05) is 0 Å². The summed E-state index contributed by atoms with van der Waals surface area (Å²) < 4.78 is 5.53. The predicted molar refractivity (Wildman–Crippen MR) is 69.1 cm³/mol. The van der Waals surface area contributed by atoms with Crippen molar-refractivity contribution in [3.63, 3.8) is 0 Å². The molecule has 4 nitrogen and oxygen atoms in total. The minimum Gasteiger partial charge on any atom is -0.378 e. The van der Waals surface area contributed by atoms with Crippen molar-refractivity contribution in [2.45, 2.75) is 25.9 Å². The topological polar surface area (TPSA) is 37.4 Å². The Bertz CT molecular complexity index is 379. The second-order valence-corrected chi connectivity index (χ2v) is 5.09. The second-order valence-electron chi connectivity index (χ2n) is 5.09. The molecule has 0 spiro atoms. The maximum absolute atomic E-state index is 5.53. The van der Waals surface area contributed by atoms with Crippen LogP contribution in [-0.4, -0.2) is 42.2 Å². The molecule has 1 aliphatic heterocycles. The fourth-order valence-electron chi connectivity index (χ4n) is 2.11. The second kappa shape index (κ2) is 5.02. The van der Waals surface area contributed by atoms with E-state index in [0.717, 1.165) is 32.1 Å². The highest BCUT2D eigenvalue weighted by Crippen LogP contribution is 2.22. The number of morpholine rings is 1. The molecule has 0 aromatic carbocycles. The minimum atomic E-state index is 0.112. The standard InChI is InChI=1S/C13H21N3O/c1-13(2)10-17-7-6-16(13)9-11-4-5-15-12(8-11)14-3/h4-5,8H,6-7,9-10H2,1-3H3,(H,14,15). The summed E-state index contributed by atoms with van der Waals surface area (Å²) in [6.07, 6.45) is 1.86. The molecule has 17 heavy (non-hydrogen) atoms. The molecule has 0 unspecified atom stereocenters. The van der Waals surface area contributed by atoms with E-state index >= 15 is 0 Å². The molecule has 0 aliphatic carbocycles. The molecule has 0 bridgehead atoms. The first-order valence-electron chi connectivity index (χ1n) is 6.07. The SMILES string of the molecule is CNc1cc(CN2CCOCC2(C)C)ccn1. The first kappa shape index (κ1) is 12.3. The first-order valence-corrected chi connectivity index (χ1v) is 6.07. The van der Waals surface area contributed by atoms with Gasteiger partial charge in [-0.3, -0.25) is 4.90 Å². The lowest BCUT2D eigenvalue weighted by Gasteiger charge is -2.42. The third kappa shape index (κ3) is 2.96. The van der Waals surface area contributed by atoms with Gasteiger partial charge in [0.1, 0.15) is 5.82 Å². The maximum atomic E-state index is 5.53. The Morgan fingerprint density at radius 2 is 2.35 bits per heavy atom. The van der Waals surface area contributed by atoms with Crippen molar-refractivity contribution in [1.29, 1.82) is 0 Å². The first-order chi connectivity index (χ1) is 8.12. The number of pyridine rings is 1. The quantitative estimate of drug-likeness (QED) is 0.866. The molecule has 1 aromatic rings. The van der Waals surface area contributed by atoms with E-state index in [9.17, 15) is 0 Å². The van der Waals surface area contributed by atoms with E-state index < -0.39 is 0 Å². The summed E-state index contributed by atoms with van der Waals surface area (Å²) in [5.74, 6) is 0.925. The Hall–Kier alpha value is -1.13. The lowest BCUT2D eigenvalue weighted by atomic mass is 10.0.